The number of nitrogens with zero attached hydrogens (tertiary/aromatic N) is 2. The van der Waals surface area contributed by atoms with Crippen LogP contribution in [0.4, 0.5) is 11.4 Å². The molecule has 1 atom stereocenters. The van der Waals surface area contributed by atoms with Crippen molar-refractivity contribution in [3.63, 3.8) is 0 Å². The zero-order valence-corrected chi connectivity index (χ0v) is 19.2. The molecular weight excluding hydrogens is 470 g/mol. The monoisotopic (exact) mass is 489 g/mol. The van der Waals surface area contributed by atoms with Crippen LogP contribution in [-0.2, 0) is 14.3 Å². The van der Waals surface area contributed by atoms with Gasteiger partial charge in [-0.15, -0.1) is 0 Å². The van der Waals surface area contributed by atoms with Gasteiger partial charge in [-0.05, 0) is 64.4 Å². The number of nitro benzene ring substituents is 1. The number of ether oxygens (including phenoxy) is 1. The van der Waals surface area contributed by atoms with Gasteiger partial charge < -0.3 is 15.2 Å². The molecule has 0 aliphatic carbocycles. The number of aliphatic carboxylic acids is 1. The molecule has 1 fully saturated rings. The fraction of sp³-hybridized carbons (Fsp3) is 0.0800. The maximum Gasteiger partial charge on any atom is 0.337 e. The van der Waals surface area contributed by atoms with E-state index in [1.807, 2.05) is 24.3 Å². The van der Waals surface area contributed by atoms with E-state index < -0.39 is 17.0 Å². The van der Waals surface area contributed by atoms with E-state index in [0.717, 1.165) is 16.7 Å². The highest BCUT2D eigenvalue weighted by Crippen LogP contribution is 2.30. The number of amidine groups is 1. The molecule has 0 spiro atoms. The fourth-order valence-corrected chi connectivity index (χ4v) is 4.24. The molecule has 3 aromatic rings. The molecular formula is C25H19N3O6S. The van der Waals surface area contributed by atoms with Crippen LogP contribution in [0.3, 0.4) is 0 Å². The second-order valence-electron chi connectivity index (χ2n) is 7.45. The molecule has 2 N–H and O–H groups in total. The molecule has 1 aliphatic rings. The summed E-state index contributed by atoms with van der Waals surface area (Å²) >= 11 is 1.20. The van der Waals surface area contributed by atoms with Gasteiger partial charge in [0.1, 0.15) is 0 Å². The van der Waals surface area contributed by atoms with Crippen molar-refractivity contribution in [2.24, 2.45) is 4.99 Å². The van der Waals surface area contributed by atoms with Crippen LogP contribution in [0.25, 0.3) is 17.2 Å². The molecule has 1 amide bonds. The molecule has 9 nitrogen and oxygen atoms in total. The van der Waals surface area contributed by atoms with E-state index >= 15 is 0 Å². The van der Waals surface area contributed by atoms with Gasteiger partial charge in [-0.1, -0.05) is 36.4 Å². The minimum atomic E-state index is -1.08. The fourth-order valence-electron chi connectivity index (χ4n) is 3.40. The Kier molecular flexibility index (Phi) is 7.04. The SMILES string of the molecule is COC(C(=O)O)c1ccc(N=C2NC(=O)/C(=C\c3ccc(-c4ccc([N+](=O)[O-])cc4)cc3)S2)cc1. The zero-order valence-electron chi connectivity index (χ0n) is 18.4. The van der Waals surface area contributed by atoms with E-state index in [4.69, 9.17) is 4.74 Å². The van der Waals surface area contributed by atoms with Crippen LogP contribution in [0, 0.1) is 10.1 Å². The quantitative estimate of drug-likeness (QED) is 0.273. The van der Waals surface area contributed by atoms with Gasteiger partial charge in [-0.25, -0.2) is 9.79 Å². The molecule has 10 heteroatoms. The molecule has 0 aromatic heterocycles. The van der Waals surface area contributed by atoms with Gasteiger partial charge in [0, 0.05) is 19.2 Å². The van der Waals surface area contributed by atoms with E-state index in [0.29, 0.717) is 21.3 Å². The molecule has 1 unspecified atom stereocenters. The van der Waals surface area contributed by atoms with Gasteiger partial charge in [-0.2, -0.15) is 0 Å². The number of nitro groups is 1. The van der Waals surface area contributed by atoms with Gasteiger partial charge in [0.2, 0.25) is 0 Å². The standard InChI is InChI=1S/C25H19N3O6S/c1-34-22(24(30)31)18-6-10-19(11-7-18)26-25-27-23(29)21(35-25)14-15-2-4-16(5-3-15)17-8-12-20(13-9-17)28(32)33/h2-14,22H,1H3,(H,30,31)(H,26,27,29)/b21-14+. The van der Waals surface area contributed by atoms with Gasteiger partial charge in [-0.3, -0.25) is 14.9 Å². The lowest BCUT2D eigenvalue weighted by Gasteiger charge is -2.10. The Morgan fingerprint density at radius 1 is 1.06 bits per heavy atom. The second kappa shape index (κ2) is 10.3. The summed E-state index contributed by atoms with van der Waals surface area (Å²) in [6, 6.07) is 20.3. The number of hydrogen-bond acceptors (Lipinski definition) is 7. The molecule has 3 aromatic carbocycles. The summed E-state index contributed by atoms with van der Waals surface area (Å²) < 4.78 is 4.97. The minimum Gasteiger partial charge on any atom is -0.479 e. The summed E-state index contributed by atoms with van der Waals surface area (Å²) in [4.78, 5) is 38.9. The molecule has 4 rings (SSSR count). The van der Waals surface area contributed by atoms with Gasteiger partial charge in [0.05, 0.1) is 15.5 Å². The van der Waals surface area contributed by atoms with Crippen molar-refractivity contribution >= 4 is 46.3 Å². The first-order chi connectivity index (χ1) is 16.8. The number of carboxylic acid groups (broad SMARTS) is 1. The normalized spacial score (nSPS) is 16.3. The second-order valence-corrected chi connectivity index (χ2v) is 8.48. The third-order valence-corrected chi connectivity index (χ3v) is 6.07. The number of carbonyl (C=O) groups excluding carboxylic acids is 1. The van der Waals surface area contributed by atoms with Crippen molar-refractivity contribution in [2.75, 3.05) is 7.11 Å². The number of rotatable bonds is 7. The maximum atomic E-state index is 12.4. The molecule has 176 valence electrons. The van der Waals surface area contributed by atoms with Crippen molar-refractivity contribution < 1.29 is 24.4 Å². The van der Waals surface area contributed by atoms with Gasteiger partial charge >= 0.3 is 5.97 Å². The molecule has 1 heterocycles. The zero-order chi connectivity index (χ0) is 24.9. The lowest BCUT2D eigenvalue weighted by Crippen LogP contribution is -2.19. The van der Waals surface area contributed by atoms with Crippen LogP contribution >= 0.6 is 11.8 Å². The molecule has 1 aliphatic heterocycles. The number of thioether (sulfide) groups is 1. The van der Waals surface area contributed by atoms with Crippen LogP contribution in [0.15, 0.2) is 82.7 Å². The van der Waals surface area contributed by atoms with Crippen molar-refractivity contribution in [3.8, 4) is 11.1 Å². The first-order valence-electron chi connectivity index (χ1n) is 10.3. The Balaban J connectivity index is 1.46. The highest BCUT2D eigenvalue weighted by molar-refractivity contribution is 8.18. The van der Waals surface area contributed by atoms with E-state index in [-0.39, 0.29) is 11.6 Å². The van der Waals surface area contributed by atoms with Gasteiger partial charge in [0.15, 0.2) is 11.3 Å². The summed E-state index contributed by atoms with van der Waals surface area (Å²) in [5, 5.41) is 23.1. The number of amides is 1. The predicted molar refractivity (Wildman–Crippen MR) is 133 cm³/mol. The van der Waals surface area contributed by atoms with Gasteiger partial charge in [0.25, 0.3) is 11.6 Å². The van der Waals surface area contributed by atoms with Crippen LogP contribution in [0.2, 0.25) is 0 Å². The number of aliphatic imine (C=N–C) groups is 1. The third kappa shape index (κ3) is 5.62. The molecule has 35 heavy (non-hydrogen) atoms. The van der Waals surface area contributed by atoms with Crippen molar-refractivity contribution in [1.82, 2.24) is 5.32 Å². The number of non-ortho nitro benzene ring substituents is 1. The Morgan fingerprint density at radius 3 is 2.20 bits per heavy atom. The van der Waals surface area contributed by atoms with Crippen molar-refractivity contribution in [1.29, 1.82) is 0 Å². The summed E-state index contributed by atoms with van der Waals surface area (Å²) in [6.45, 7) is 0. The van der Waals surface area contributed by atoms with E-state index in [9.17, 15) is 24.8 Å². The smallest absolute Gasteiger partial charge is 0.337 e. The first kappa shape index (κ1) is 23.9. The highest BCUT2D eigenvalue weighted by atomic mass is 32.2. The number of nitrogens with one attached hydrogen (secondary N) is 1. The van der Waals surface area contributed by atoms with Crippen molar-refractivity contribution in [3.05, 3.63) is 98.9 Å². The number of methoxy groups -OCH3 is 1. The van der Waals surface area contributed by atoms with E-state index in [2.05, 4.69) is 10.3 Å². The largest absolute Gasteiger partial charge is 0.479 e. The lowest BCUT2D eigenvalue weighted by atomic mass is 10.0. The minimum absolute atomic E-state index is 0.0345. The summed E-state index contributed by atoms with van der Waals surface area (Å²) in [5.41, 5.74) is 3.65. The number of benzene rings is 3. The highest BCUT2D eigenvalue weighted by Gasteiger charge is 2.24. The Hall–Kier alpha value is -4.28. The summed E-state index contributed by atoms with van der Waals surface area (Å²) in [7, 11) is 1.33. The third-order valence-electron chi connectivity index (χ3n) is 5.16. The van der Waals surface area contributed by atoms with Crippen LogP contribution in [-0.4, -0.2) is 34.2 Å². The van der Waals surface area contributed by atoms with E-state index in [1.54, 1.807) is 42.5 Å². The molecule has 0 saturated carbocycles. The summed E-state index contributed by atoms with van der Waals surface area (Å²) in [5.74, 6) is -1.35. The Bertz CT molecular complexity index is 1330. The number of hydrogen-bond donors (Lipinski definition) is 2. The van der Waals surface area contributed by atoms with E-state index in [1.165, 1.54) is 31.0 Å². The maximum absolute atomic E-state index is 12.4. The number of carbonyl (C=O) groups is 2. The average molecular weight is 490 g/mol. The lowest BCUT2D eigenvalue weighted by molar-refractivity contribution is -0.384. The topological polar surface area (TPSA) is 131 Å². The Morgan fingerprint density at radius 2 is 1.66 bits per heavy atom. The van der Waals surface area contributed by atoms with Crippen LogP contribution < -0.4 is 5.32 Å². The van der Waals surface area contributed by atoms with Crippen molar-refractivity contribution in [2.45, 2.75) is 6.10 Å². The average Bonchev–Trinajstić information content (AvgIpc) is 3.19. The molecule has 0 radical (unpaired) electrons. The molecule has 0 bridgehead atoms. The predicted octanol–water partition coefficient (Wildman–Crippen LogP) is 4.93. The first-order valence-corrected chi connectivity index (χ1v) is 11.2. The Labute approximate surface area is 204 Å². The molecule has 1 saturated heterocycles. The summed E-state index contributed by atoms with van der Waals surface area (Å²) in [6.07, 6.45) is 0.694. The van der Waals surface area contributed by atoms with Crippen LogP contribution in [0.1, 0.15) is 17.2 Å². The van der Waals surface area contributed by atoms with Crippen LogP contribution in [0.5, 0.6) is 0 Å². The number of carboxylic acids is 1.